The lowest BCUT2D eigenvalue weighted by Gasteiger charge is -2.42. The van der Waals surface area contributed by atoms with Gasteiger partial charge in [-0.1, -0.05) is 63.3 Å². The lowest BCUT2D eigenvalue weighted by molar-refractivity contribution is -0.131. The third-order valence-corrected chi connectivity index (χ3v) is 11.5. The number of hydrogen-bond acceptors (Lipinski definition) is 4. The summed E-state index contributed by atoms with van der Waals surface area (Å²) in [5.41, 5.74) is 9.95. The highest BCUT2D eigenvalue weighted by Crippen LogP contribution is 2.35. The number of ether oxygens (including phenoxy) is 1. The summed E-state index contributed by atoms with van der Waals surface area (Å²) >= 11 is 0. The minimum atomic E-state index is -1.95. The topological polar surface area (TPSA) is 89.0 Å². The molecule has 0 aliphatic carbocycles. The normalized spacial score (nSPS) is 12.6. The number of ketones is 2. The standard InChI is InChI=1S/C27H42N2O4Si/c1-7-34(8-2,9-3)33-27(5,6)25(26(31)18-16-24(30)19-29-28)17-15-22(4)20-32-21-23-13-11-10-12-14-23/h10-14,19,25H,4,7-9,15-18,20-21H2,1-3,5-6H3. The van der Waals surface area contributed by atoms with E-state index in [0.29, 0.717) is 26.1 Å². The molecule has 7 heteroatoms. The van der Waals surface area contributed by atoms with E-state index in [1.54, 1.807) is 0 Å². The van der Waals surface area contributed by atoms with Gasteiger partial charge < -0.3 is 14.7 Å². The number of rotatable bonds is 18. The molecular weight excluding hydrogens is 444 g/mol. The Kier molecular flexibility index (Phi) is 13.1. The summed E-state index contributed by atoms with van der Waals surface area (Å²) in [6.07, 6.45) is 2.19. The molecule has 1 rings (SSSR count). The van der Waals surface area contributed by atoms with Crippen molar-refractivity contribution in [2.24, 2.45) is 5.92 Å². The average molecular weight is 487 g/mol. The maximum atomic E-state index is 13.3. The highest BCUT2D eigenvalue weighted by molar-refractivity contribution is 6.73. The van der Waals surface area contributed by atoms with Gasteiger partial charge in [0.2, 0.25) is 5.78 Å². The first kappa shape index (κ1) is 29.8. The van der Waals surface area contributed by atoms with Crippen LogP contribution in [-0.4, -0.2) is 43.1 Å². The van der Waals surface area contributed by atoms with Gasteiger partial charge in [-0.25, -0.2) is 0 Å². The molecule has 0 fully saturated rings. The summed E-state index contributed by atoms with van der Waals surface area (Å²) in [4.78, 5) is 27.8. The maximum absolute atomic E-state index is 13.3. The predicted molar refractivity (Wildman–Crippen MR) is 139 cm³/mol. The highest BCUT2D eigenvalue weighted by atomic mass is 28.4. The van der Waals surface area contributed by atoms with E-state index >= 15 is 0 Å². The van der Waals surface area contributed by atoms with Gasteiger partial charge in [-0.3, -0.25) is 9.59 Å². The Morgan fingerprint density at radius 1 is 1.09 bits per heavy atom. The van der Waals surface area contributed by atoms with Crippen molar-refractivity contribution in [3.05, 3.63) is 53.6 Å². The van der Waals surface area contributed by atoms with E-state index in [9.17, 15) is 9.59 Å². The van der Waals surface area contributed by atoms with E-state index in [1.807, 2.05) is 44.2 Å². The minimum absolute atomic E-state index is 0.00565. The van der Waals surface area contributed by atoms with Crippen molar-refractivity contribution in [1.29, 1.82) is 0 Å². The largest absolute Gasteiger partial charge is 0.411 e. The molecule has 0 saturated carbocycles. The average Bonchev–Trinajstić information content (AvgIpc) is 2.82. The third kappa shape index (κ3) is 9.98. The summed E-state index contributed by atoms with van der Waals surface area (Å²) < 4.78 is 12.6. The first-order chi connectivity index (χ1) is 16.1. The minimum Gasteiger partial charge on any atom is -0.411 e. The van der Waals surface area contributed by atoms with Crippen molar-refractivity contribution in [2.45, 2.75) is 90.6 Å². The highest BCUT2D eigenvalue weighted by Gasteiger charge is 2.42. The predicted octanol–water partition coefficient (Wildman–Crippen LogP) is 6.18. The van der Waals surface area contributed by atoms with Gasteiger partial charge in [-0.15, -0.1) is 0 Å². The number of benzene rings is 1. The molecule has 0 saturated heterocycles. The molecular formula is C27H42N2O4Si. The van der Waals surface area contributed by atoms with Crippen molar-refractivity contribution in [3.8, 4) is 0 Å². The molecule has 0 heterocycles. The first-order valence-corrected chi connectivity index (χ1v) is 14.9. The van der Waals surface area contributed by atoms with Crippen molar-refractivity contribution in [1.82, 2.24) is 0 Å². The van der Waals surface area contributed by atoms with Gasteiger partial charge in [0.05, 0.1) is 18.8 Å². The van der Waals surface area contributed by atoms with E-state index in [1.165, 1.54) is 0 Å². The fourth-order valence-electron chi connectivity index (χ4n) is 4.35. The van der Waals surface area contributed by atoms with Gasteiger partial charge in [0.15, 0.2) is 8.32 Å². The Hall–Kier alpha value is -2.18. The monoisotopic (exact) mass is 486 g/mol. The first-order valence-electron chi connectivity index (χ1n) is 12.3. The molecule has 0 aliphatic heterocycles. The number of Topliss-reactive ketones (excluding diaryl/α,β-unsaturated/α-hetero) is 2. The smallest absolute Gasteiger partial charge is 0.323 e. The van der Waals surface area contributed by atoms with Gasteiger partial charge in [0.1, 0.15) is 5.78 Å². The fourth-order valence-corrected chi connectivity index (χ4v) is 7.54. The summed E-state index contributed by atoms with van der Waals surface area (Å²) in [5.74, 6) is -0.742. The molecule has 0 radical (unpaired) electrons. The van der Waals surface area contributed by atoms with Crippen molar-refractivity contribution >= 4 is 26.1 Å². The van der Waals surface area contributed by atoms with Crippen molar-refractivity contribution in [2.75, 3.05) is 6.61 Å². The zero-order valence-electron chi connectivity index (χ0n) is 21.6. The second kappa shape index (κ2) is 14.9. The van der Waals surface area contributed by atoms with Crippen LogP contribution in [0.25, 0.3) is 5.53 Å². The van der Waals surface area contributed by atoms with Crippen molar-refractivity contribution < 1.29 is 23.5 Å². The lowest BCUT2D eigenvalue weighted by atomic mass is 9.81. The molecule has 0 amide bonds. The van der Waals surface area contributed by atoms with Gasteiger partial charge in [0.25, 0.3) is 0 Å². The van der Waals surface area contributed by atoms with E-state index in [0.717, 1.165) is 35.5 Å². The molecule has 188 valence electrons. The number of carbonyl (C=O) groups is 2. The van der Waals surface area contributed by atoms with Crippen LogP contribution in [0.4, 0.5) is 0 Å². The SMILES string of the molecule is C=C(CCC(C(=O)CCC(=O)C=[N+]=[N-])C(C)(C)O[Si](CC)(CC)CC)COCc1ccccc1. The van der Waals surface area contributed by atoms with E-state index in [2.05, 4.69) is 32.1 Å². The quantitative estimate of drug-likeness (QED) is 0.0815. The third-order valence-electron chi connectivity index (χ3n) is 6.66. The summed E-state index contributed by atoms with van der Waals surface area (Å²) in [7, 11) is -1.95. The summed E-state index contributed by atoms with van der Waals surface area (Å²) in [6.45, 7) is 15.6. The van der Waals surface area contributed by atoms with Crippen LogP contribution in [0.15, 0.2) is 42.5 Å². The van der Waals surface area contributed by atoms with Crippen LogP contribution in [0.1, 0.15) is 65.9 Å². The number of hydrogen-bond donors (Lipinski definition) is 0. The molecule has 0 aromatic heterocycles. The molecule has 0 N–H and O–H groups in total. The molecule has 1 aromatic carbocycles. The number of carbonyl (C=O) groups excluding carboxylic acids is 2. The molecule has 1 unspecified atom stereocenters. The Labute approximate surface area is 206 Å². The van der Waals surface area contributed by atoms with Crippen molar-refractivity contribution in [3.63, 3.8) is 0 Å². The Balaban J connectivity index is 2.86. The molecule has 34 heavy (non-hydrogen) atoms. The molecule has 0 spiro atoms. The molecule has 1 aromatic rings. The molecule has 0 bridgehead atoms. The Morgan fingerprint density at radius 3 is 2.26 bits per heavy atom. The van der Waals surface area contributed by atoms with Crippen LogP contribution < -0.4 is 0 Å². The second-order valence-electron chi connectivity index (χ2n) is 9.45. The number of nitrogens with zero attached hydrogens (tertiary/aromatic N) is 2. The van der Waals surface area contributed by atoms with Crippen LogP contribution in [0, 0.1) is 5.92 Å². The van der Waals surface area contributed by atoms with Gasteiger partial charge >= 0.3 is 6.21 Å². The van der Waals surface area contributed by atoms with Gasteiger partial charge in [0, 0.05) is 18.8 Å². The van der Waals surface area contributed by atoms with Crippen LogP contribution >= 0.6 is 0 Å². The Bertz CT molecular complexity index is 835. The molecule has 1 atom stereocenters. The van der Waals surface area contributed by atoms with Crippen LogP contribution in [0.2, 0.25) is 18.1 Å². The fraction of sp³-hybridized carbons (Fsp3) is 0.593. The lowest BCUT2D eigenvalue weighted by Crippen LogP contribution is -2.50. The van der Waals surface area contributed by atoms with E-state index in [4.69, 9.17) is 14.7 Å². The molecule has 0 aliphatic rings. The Morgan fingerprint density at radius 2 is 1.71 bits per heavy atom. The second-order valence-corrected chi connectivity index (χ2v) is 14.1. The van der Waals surface area contributed by atoms with Crippen LogP contribution in [-0.2, 0) is 25.4 Å². The van der Waals surface area contributed by atoms with Crippen LogP contribution in [0.3, 0.4) is 0 Å². The van der Waals surface area contributed by atoms with E-state index in [-0.39, 0.29) is 30.3 Å². The zero-order valence-corrected chi connectivity index (χ0v) is 22.6. The van der Waals surface area contributed by atoms with E-state index < -0.39 is 13.9 Å². The maximum Gasteiger partial charge on any atom is 0.323 e. The molecule has 6 nitrogen and oxygen atoms in total. The summed E-state index contributed by atoms with van der Waals surface area (Å²) in [6, 6.07) is 13.0. The zero-order chi connectivity index (χ0) is 25.6. The van der Waals surface area contributed by atoms with Gasteiger partial charge in [-0.2, -0.15) is 4.79 Å². The summed E-state index contributed by atoms with van der Waals surface area (Å²) in [5, 5.41) is 0. The van der Waals surface area contributed by atoms with Gasteiger partial charge in [-0.05, 0) is 50.4 Å². The van der Waals surface area contributed by atoms with Crippen LogP contribution in [0.5, 0.6) is 0 Å².